The number of carbonyl (C=O) groups excluding carboxylic acids is 2. The summed E-state index contributed by atoms with van der Waals surface area (Å²) in [6.45, 7) is 1.50. The van der Waals surface area contributed by atoms with Gasteiger partial charge in [0, 0.05) is 31.1 Å². The van der Waals surface area contributed by atoms with Gasteiger partial charge in [0.1, 0.15) is 17.3 Å². The molecule has 0 spiro atoms. The lowest BCUT2D eigenvalue weighted by molar-refractivity contribution is -0.129. The Kier molecular flexibility index (Phi) is 4.93. The smallest absolute Gasteiger partial charge is 0.271 e. The zero-order valence-electron chi connectivity index (χ0n) is 20.1. The average Bonchev–Trinajstić information content (AvgIpc) is 3.31. The SMILES string of the molecule is O=C(c1[nH]c2ccoc2c1-c1ccccc1)N1CC[C@]2(C(=O)N[C@@H]3CCOc4ccc(F)cc43)C[C@H]2C1. The van der Waals surface area contributed by atoms with Crippen LogP contribution in [-0.4, -0.2) is 41.4 Å². The van der Waals surface area contributed by atoms with Crippen LogP contribution in [0.5, 0.6) is 5.75 Å². The summed E-state index contributed by atoms with van der Waals surface area (Å²) in [5.74, 6) is 0.294. The maximum atomic E-state index is 13.9. The Morgan fingerprint density at radius 1 is 1.14 bits per heavy atom. The van der Waals surface area contributed by atoms with Crippen LogP contribution in [-0.2, 0) is 4.79 Å². The summed E-state index contributed by atoms with van der Waals surface area (Å²) in [5.41, 5.74) is 3.87. The number of rotatable bonds is 4. The van der Waals surface area contributed by atoms with Gasteiger partial charge in [-0.15, -0.1) is 0 Å². The number of aromatic nitrogens is 1. The van der Waals surface area contributed by atoms with E-state index in [1.165, 1.54) is 12.1 Å². The highest BCUT2D eigenvalue weighted by molar-refractivity contribution is 6.08. The van der Waals surface area contributed by atoms with Gasteiger partial charge < -0.3 is 24.4 Å². The first-order valence-corrected chi connectivity index (χ1v) is 12.7. The Bertz CT molecular complexity index is 1530. The lowest BCUT2D eigenvalue weighted by Crippen LogP contribution is -2.45. The summed E-state index contributed by atoms with van der Waals surface area (Å²) in [5, 5.41) is 3.17. The van der Waals surface area contributed by atoms with Crippen LogP contribution >= 0.6 is 0 Å². The van der Waals surface area contributed by atoms with Gasteiger partial charge in [0.05, 0.1) is 35.4 Å². The number of halogens is 1. The topological polar surface area (TPSA) is 87.6 Å². The van der Waals surface area contributed by atoms with Gasteiger partial charge in [-0.3, -0.25) is 9.59 Å². The minimum absolute atomic E-state index is 0.00549. The molecule has 1 aliphatic carbocycles. The fourth-order valence-electron chi connectivity index (χ4n) is 6.12. The van der Waals surface area contributed by atoms with Crippen molar-refractivity contribution < 1.29 is 23.1 Å². The number of piperidine rings is 1. The fraction of sp³-hybridized carbons (Fsp3) is 0.310. The molecular formula is C29H26FN3O4. The van der Waals surface area contributed by atoms with Gasteiger partial charge in [-0.05, 0) is 42.5 Å². The second kappa shape index (κ2) is 8.23. The minimum Gasteiger partial charge on any atom is -0.493 e. The van der Waals surface area contributed by atoms with Gasteiger partial charge in [-0.2, -0.15) is 0 Å². The molecule has 2 aromatic heterocycles. The largest absolute Gasteiger partial charge is 0.493 e. The number of H-pyrrole nitrogens is 1. The molecular weight excluding hydrogens is 473 g/mol. The first kappa shape index (κ1) is 22.2. The van der Waals surface area contributed by atoms with Gasteiger partial charge in [0.25, 0.3) is 5.91 Å². The quantitative estimate of drug-likeness (QED) is 0.411. The maximum Gasteiger partial charge on any atom is 0.271 e. The molecule has 1 saturated carbocycles. The van der Waals surface area contributed by atoms with Crippen molar-refractivity contribution in [2.24, 2.45) is 11.3 Å². The molecule has 2 aliphatic heterocycles. The molecule has 2 amide bonds. The highest BCUT2D eigenvalue weighted by atomic mass is 19.1. The normalized spacial score (nSPS) is 24.2. The third-order valence-corrected chi connectivity index (χ3v) is 8.23. The lowest BCUT2D eigenvalue weighted by atomic mass is 9.92. The molecule has 2 aromatic carbocycles. The van der Waals surface area contributed by atoms with Crippen LogP contribution < -0.4 is 10.1 Å². The number of nitrogens with zero attached hydrogens (tertiary/aromatic N) is 1. The molecule has 7 nitrogen and oxygen atoms in total. The van der Waals surface area contributed by atoms with Crippen molar-refractivity contribution in [1.29, 1.82) is 0 Å². The van der Waals surface area contributed by atoms with Crippen LogP contribution in [0.25, 0.3) is 22.2 Å². The number of amides is 2. The van der Waals surface area contributed by atoms with Crippen molar-refractivity contribution >= 4 is 22.9 Å². The van der Waals surface area contributed by atoms with E-state index in [2.05, 4.69) is 10.3 Å². The number of carbonyl (C=O) groups is 2. The molecule has 7 rings (SSSR count). The van der Waals surface area contributed by atoms with Gasteiger partial charge >= 0.3 is 0 Å². The van der Waals surface area contributed by atoms with Crippen LogP contribution in [0, 0.1) is 17.2 Å². The minimum atomic E-state index is -0.464. The van der Waals surface area contributed by atoms with Crippen LogP contribution in [0.2, 0.25) is 0 Å². The zero-order chi connectivity index (χ0) is 25.1. The Morgan fingerprint density at radius 2 is 2.00 bits per heavy atom. The molecule has 0 unspecified atom stereocenters. The molecule has 2 fully saturated rings. The van der Waals surface area contributed by atoms with Gasteiger partial charge in [0.2, 0.25) is 5.91 Å². The number of fused-ring (bicyclic) bond motifs is 3. The average molecular weight is 500 g/mol. The van der Waals surface area contributed by atoms with Crippen LogP contribution in [0.3, 0.4) is 0 Å². The number of hydrogen-bond donors (Lipinski definition) is 2. The predicted octanol–water partition coefficient (Wildman–Crippen LogP) is 5.06. The molecule has 4 heterocycles. The third-order valence-electron chi connectivity index (χ3n) is 8.23. The summed E-state index contributed by atoms with van der Waals surface area (Å²) in [6, 6.07) is 15.7. The first-order chi connectivity index (χ1) is 18.0. The Balaban J connectivity index is 1.09. The summed E-state index contributed by atoms with van der Waals surface area (Å²) < 4.78 is 25.2. The van der Waals surface area contributed by atoms with Crippen LogP contribution in [0.15, 0.2) is 65.3 Å². The predicted molar refractivity (Wildman–Crippen MR) is 134 cm³/mol. The van der Waals surface area contributed by atoms with Crippen molar-refractivity contribution in [3.8, 4) is 16.9 Å². The molecule has 37 heavy (non-hydrogen) atoms. The molecule has 0 radical (unpaired) electrons. The van der Waals surface area contributed by atoms with E-state index < -0.39 is 5.41 Å². The first-order valence-electron chi connectivity index (χ1n) is 12.7. The van der Waals surface area contributed by atoms with Crippen molar-refractivity contribution in [1.82, 2.24) is 15.2 Å². The summed E-state index contributed by atoms with van der Waals surface area (Å²) in [7, 11) is 0. The summed E-state index contributed by atoms with van der Waals surface area (Å²) in [4.78, 5) is 32.2. The van der Waals surface area contributed by atoms with E-state index in [-0.39, 0.29) is 29.6 Å². The van der Waals surface area contributed by atoms with Crippen molar-refractivity contribution in [3.05, 3.63) is 77.9 Å². The van der Waals surface area contributed by atoms with Crippen molar-refractivity contribution in [2.45, 2.75) is 25.3 Å². The van der Waals surface area contributed by atoms with E-state index in [0.717, 1.165) is 23.1 Å². The van der Waals surface area contributed by atoms with E-state index in [9.17, 15) is 14.0 Å². The second-order valence-electron chi connectivity index (χ2n) is 10.3. The fourth-order valence-corrected chi connectivity index (χ4v) is 6.12. The van der Waals surface area contributed by atoms with Crippen LogP contribution in [0.4, 0.5) is 4.39 Å². The van der Waals surface area contributed by atoms with Gasteiger partial charge in [-0.25, -0.2) is 4.39 Å². The number of benzene rings is 2. The van der Waals surface area contributed by atoms with Crippen molar-refractivity contribution in [3.63, 3.8) is 0 Å². The molecule has 1 saturated heterocycles. The highest BCUT2D eigenvalue weighted by Gasteiger charge is 2.62. The lowest BCUT2D eigenvalue weighted by Gasteiger charge is -2.33. The Hall–Kier alpha value is -4.07. The van der Waals surface area contributed by atoms with E-state index >= 15 is 0 Å². The monoisotopic (exact) mass is 499 g/mol. The molecule has 3 atom stereocenters. The number of ether oxygens (including phenoxy) is 1. The van der Waals surface area contributed by atoms with Crippen LogP contribution in [0.1, 0.15) is 41.4 Å². The standard InChI is InChI=1S/C29H26FN3O4/c30-19-6-7-23-20(14-19)21(8-12-36-23)32-28(35)29-10-11-33(16-18(29)15-29)27(34)25-24(17-4-2-1-3-5-17)26-22(31-25)9-13-37-26/h1-7,9,13-14,18,21,31H,8,10-12,15-16H2,(H,32,35)/t18-,21+,29-/m0/s1. The van der Waals surface area contributed by atoms with Gasteiger partial charge in [-0.1, -0.05) is 30.3 Å². The van der Waals surface area contributed by atoms with E-state index in [1.54, 1.807) is 12.3 Å². The number of furan rings is 1. The van der Waals surface area contributed by atoms with Crippen molar-refractivity contribution in [2.75, 3.05) is 19.7 Å². The van der Waals surface area contributed by atoms with E-state index in [4.69, 9.17) is 9.15 Å². The van der Waals surface area contributed by atoms with E-state index in [1.807, 2.05) is 41.3 Å². The summed E-state index contributed by atoms with van der Waals surface area (Å²) in [6.07, 6.45) is 3.57. The molecule has 8 heteroatoms. The molecule has 188 valence electrons. The number of nitrogens with one attached hydrogen (secondary N) is 2. The maximum absolute atomic E-state index is 13.9. The zero-order valence-corrected chi connectivity index (χ0v) is 20.1. The number of hydrogen-bond acceptors (Lipinski definition) is 4. The molecule has 2 N–H and O–H groups in total. The van der Waals surface area contributed by atoms with Gasteiger partial charge in [0.15, 0.2) is 5.58 Å². The molecule has 3 aliphatic rings. The number of likely N-dealkylation sites (tertiary alicyclic amines) is 1. The molecule has 0 bridgehead atoms. The Morgan fingerprint density at radius 3 is 2.84 bits per heavy atom. The Labute approximate surface area is 212 Å². The highest BCUT2D eigenvalue weighted by Crippen LogP contribution is 2.58. The second-order valence-corrected chi connectivity index (χ2v) is 10.3. The van der Waals surface area contributed by atoms with E-state index in [0.29, 0.717) is 55.1 Å². The summed E-state index contributed by atoms with van der Waals surface area (Å²) >= 11 is 0. The third kappa shape index (κ3) is 3.54. The number of aromatic amines is 1. The molecule has 4 aromatic rings.